The van der Waals surface area contributed by atoms with Gasteiger partial charge in [0.05, 0.1) is 17.6 Å². The predicted octanol–water partition coefficient (Wildman–Crippen LogP) is 3.67. The molecule has 4 rings (SSSR count). The van der Waals surface area contributed by atoms with Crippen LogP contribution in [-0.4, -0.2) is 20.4 Å². The number of furan rings is 1. The Morgan fingerprint density at radius 2 is 1.96 bits per heavy atom. The van der Waals surface area contributed by atoms with Crippen molar-refractivity contribution in [2.24, 2.45) is 0 Å². The maximum atomic E-state index is 12.5. The first-order valence-corrected chi connectivity index (χ1v) is 10.7. The van der Waals surface area contributed by atoms with Gasteiger partial charge in [-0.05, 0) is 56.0 Å². The van der Waals surface area contributed by atoms with Crippen LogP contribution in [0.15, 0.2) is 52.0 Å². The number of carbonyl (C=O) groups is 1. The van der Waals surface area contributed by atoms with Crippen molar-refractivity contribution in [2.75, 3.05) is 5.32 Å². The van der Waals surface area contributed by atoms with E-state index in [-0.39, 0.29) is 23.3 Å². The van der Waals surface area contributed by atoms with Gasteiger partial charge in [-0.3, -0.25) is 4.79 Å². The summed E-state index contributed by atoms with van der Waals surface area (Å²) in [6.07, 6.45) is 3.49. The Morgan fingerprint density at radius 3 is 2.71 bits per heavy atom. The Hall–Kier alpha value is -2.64. The quantitative estimate of drug-likeness (QED) is 0.663. The zero-order valence-electron chi connectivity index (χ0n) is 15.8. The first-order chi connectivity index (χ1) is 13.3. The van der Waals surface area contributed by atoms with E-state index in [1.807, 2.05) is 26.0 Å². The average molecular weight is 398 g/mol. The molecule has 7 heteroatoms. The highest BCUT2D eigenvalue weighted by molar-refractivity contribution is 7.89. The van der Waals surface area contributed by atoms with Crippen LogP contribution >= 0.6 is 0 Å². The highest BCUT2D eigenvalue weighted by Gasteiger charge is 2.28. The van der Waals surface area contributed by atoms with Gasteiger partial charge in [0, 0.05) is 22.7 Å². The third kappa shape index (κ3) is 3.81. The normalized spacial score (nSPS) is 14.4. The number of anilines is 1. The highest BCUT2D eigenvalue weighted by atomic mass is 32.2. The first-order valence-electron chi connectivity index (χ1n) is 9.22. The minimum Gasteiger partial charge on any atom is -0.464 e. The number of aryl methyl sites for hydroxylation is 2. The summed E-state index contributed by atoms with van der Waals surface area (Å²) < 4.78 is 33.0. The lowest BCUT2D eigenvalue weighted by molar-refractivity contribution is -0.115. The summed E-state index contributed by atoms with van der Waals surface area (Å²) in [6, 6.07) is 10.3. The fraction of sp³-hybridized carbons (Fsp3) is 0.286. The zero-order valence-corrected chi connectivity index (χ0v) is 16.6. The number of hydrogen-bond donors (Lipinski definition) is 2. The SMILES string of the molecule is Cc1ccc2c(CC(=O)Nc3cccc(S(=O)(=O)NC4CC4)c3)coc2c1C. The van der Waals surface area contributed by atoms with E-state index >= 15 is 0 Å². The molecule has 1 aliphatic rings. The molecule has 1 fully saturated rings. The molecule has 0 radical (unpaired) electrons. The molecule has 0 bridgehead atoms. The van der Waals surface area contributed by atoms with Crippen LogP contribution in [0.4, 0.5) is 5.69 Å². The van der Waals surface area contributed by atoms with Crippen LogP contribution in [0.2, 0.25) is 0 Å². The number of hydrogen-bond acceptors (Lipinski definition) is 4. The molecule has 2 N–H and O–H groups in total. The van der Waals surface area contributed by atoms with E-state index in [0.29, 0.717) is 5.69 Å². The van der Waals surface area contributed by atoms with E-state index in [1.165, 1.54) is 12.1 Å². The number of carbonyl (C=O) groups excluding carboxylic acids is 1. The van der Waals surface area contributed by atoms with Crippen molar-refractivity contribution in [1.29, 1.82) is 0 Å². The zero-order chi connectivity index (χ0) is 19.9. The van der Waals surface area contributed by atoms with E-state index in [4.69, 9.17) is 4.42 Å². The summed E-state index contributed by atoms with van der Waals surface area (Å²) in [4.78, 5) is 12.7. The molecule has 1 amide bonds. The van der Waals surface area contributed by atoms with Crippen molar-refractivity contribution in [3.63, 3.8) is 0 Å². The van der Waals surface area contributed by atoms with Crippen LogP contribution < -0.4 is 10.0 Å². The molecule has 0 spiro atoms. The maximum Gasteiger partial charge on any atom is 0.240 e. The second-order valence-electron chi connectivity index (χ2n) is 7.29. The van der Waals surface area contributed by atoms with Gasteiger partial charge < -0.3 is 9.73 Å². The summed E-state index contributed by atoms with van der Waals surface area (Å²) in [5.41, 5.74) is 4.24. The van der Waals surface area contributed by atoms with Gasteiger partial charge in [0.25, 0.3) is 0 Å². The Bertz CT molecular complexity index is 1160. The predicted molar refractivity (Wildman–Crippen MR) is 108 cm³/mol. The highest BCUT2D eigenvalue weighted by Crippen LogP contribution is 2.27. The van der Waals surface area contributed by atoms with E-state index in [1.54, 1.807) is 18.4 Å². The van der Waals surface area contributed by atoms with Crippen molar-refractivity contribution >= 4 is 32.6 Å². The minimum atomic E-state index is -3.56. The van der Waals surface area contributed by atoms with E-state index in [9.17, 15) is 13.2 Å². The van der Waals surface area contributed by atoms with E-state index in [0.717, 1.165) is 40.5 Å². The second kappa shape index (κ2) is 7.07. The summed E-state index contributed by atoms with van der Waals surface area (Å²) in [6.45, 7) is 4.01. The lowest BCUT2D eigenvalue weighted by Gasteiger charge is -2.09. The summed E-state index contributed by atoms with van der Waals surface area (Å²) in [7, 11) is -3.56. The molecule has 2 aromatic carbocycles. The van der Waals surface area contributed by atoms with Crippen LogP contribution in [0.3, 0.4) is 0 Å². The number of fused-ring (bicyclic) bond motifs is 1. The Balaban J connectivity index is 1.50. The largest absolute Gasteiger partial charge is 0.464 e. The van der Waals surface area contributed by atoms with Crippen LogP contribution in [0, 0.1) is 13.8 Å². The van der Waals surface area contributed by atoms with Crippen molar-refractivity contribution in [2.45, 2.75) is 44.0 Å². The Morgan fingerprint density at radius 1 is 1.18 bits per heavy atom. The molecule has 0 atom stereocenters. The van der Waals surface area contributed by atoms with Crippen molar-refractivity contribution in [3.8, 4) is 0 Å². The lowest BCUT2D eigenvalue weighted by Crippen LogP contribution is -2.25. The molecule has 1 saturated carbocycles. The standard InChI is InChI=1S/C21H22N2O4S/c1-13-6-9-19-15(12-27-21(19)14(13)2)10-20(24)22-17-4-3-5-18(11-17)28(25,26)23-16-7-8-16/h3-6,9,11-12,16,23H,7-8,10H2,1-2H3,(H,22,24). The summed E-state index contributed by atoms with van der Waals surface area (Å²) in [5, 5.41) is 3.70. The van der Waals surface area contributed by atoms with Gasteiger partial charge in [-0.2, -0.15) is 0 Å². The van der Waals surface area contributed by atoms with Crippen molar-refractivity contribution in [3.05, 3.63) is 59.4 Å². The number of nitrogens with one attached hydrogen (secondary N) is 2. The van der Waals surface area contributed by atoms with E-state index in [2.05, 4.69) is 10.0 Å². The molecule has 3 aromatic rings. The molecule has 28 heavy (non-hydrogen) atoms. The van der Waals surface area contributed by atoms with E-state index < -0.39 is 10.0 Å². The molecular weight excluding hydrogens is 376 g/mol. The molecule has 0 unspecified atom stereocenters. The molecular formula is C21H22N2O4S. The number of rotatable bonds is 6. The van der Waals surface area contributed by atoms with Crippen LogP contribution in [0.25, 0.3) is 11.0 Å². The third-order valence-corrected chi connectivity index (χ3v) is 6.54. The monoisotopic (exact) mass is 398 g/mol. The second-order valence-corrected chi connectivity index (χ2v) is 9.01. The molecule has 1 aromatic heterocycles. The fourth-order valence-electron chi connectivity index (χ4n) is 3.13. The minimum absolute atomic E-state index is 0.0321. The van der Waals surface area contributed by atoms with Gasteiger partial charge >= 0.3 is 0 Å². The first kappa shape index (κ1) is 18.7. The molecule has 0 aliphatic heterocycles. The van der Waals surface area contributed by atoms with Gasteiger partial charge in [0.15, 0.2) is 0 Å². The van der Waals surface area contributed by atoms with Crippen LogP contribution in [0.1, 0.15) is 29.5 Å². The van der Waals surface area contributed by atoms with Gasteiger partial charge in [0.1, 0.15) is 5.58 Å². The van der Waals surface area contributed by atoms with Gasteiger partial charge in [0.2, 0.25) is 15.9 Å². The molecule has 6 nitrogen and oxygen atoms in total. The number of amides is 1. The summed E-state index contributed by atoms with van der Waals surface area (Å²) in [5.74, 6) is -0.231. The Labute approximate surface area is 164 Å². The third-order valence-electron chi connectivity index (χ3n) is 5.02. The smallest absolute Gasteiger partial charge is 0.240 e. The fourth-order valence-corrected chi connectivity index (χ4v) is 4.48. The molecule has 1 heterocycles. The summed E-state index contributed by atoms with van der Waals surface area (Å²) >= 11 is 0. The van der Waals surface area contributed by atoms with Gasteiger partial charge in [-0.15, -0.1) is 0 Å². The van der Waals surface area contributed by atoms with Gasteiger partial charge in [-0.1, -0.05) is 18.2 Å². The molecule has 0 saturated heterocycles. The molecule has 146 valence electrons. The van der Waals surface area contributed by atoms with Crippen molar-refractivity contribution in [1.82, 2.24) is 4.72 Å². The van der Waals surface area contributed by atoms with Gasteiger partial charge in [-0.25, -0.2) is 13.1 Å². The number of sulfonamides is 1. The van der Waals surface area contributed by atoms with Crippen molar-refractivity contribution < 1.29 is 17.6 Å². The number of benzene rings is 2. The topological polar surface area (TPSA) is 88.4 Å². The average Bonchev–Trinajstić information content (AvgIpc) is 3.36. The maximum absolute atomic E-state index is 12.5. The molecule has 1 aliphatic carbocycles. The van der Waals surface area contributed by atoms with Crippen LogP contribution in [0.5, 0.6) is 0 Å². The Kier molecular flexibility index (Phi) is 4.72. The van der Waals surface area contributed by atoms with Crippen LogP contribution in [-0.2, 0) is 21.2 Å². The lowest BCUT2D eigenvalue weighted by atomic mass is 10.0.